The van der Waals surface area contributed by atoms with Crippen LogP contribution in [0.15, 0.2) is 42.5 Å². The van der Waals surface area contributed by atoms with Gasteiger partial charge in [-0.2, -0.15) is 0 Å². The molecule has 0 aliphatic rings. The SMILES string of the molecule is CC(C)(C(=O)c1cc(F)c(F)cc1F)c1ccccc1. The van der Waals surface area contributed by atoms with E-state index in [4.69, 9.17) is 0 Å². The third-order valence-electron chi connectivity index (χ3n) is 3.32. The van der Waals surface area contributed by atoms with E-state index in [9.17, 15) is 18.0 Å². The third-order valence-corrected chi connectivity index (χ3v) is 3.32. The summed E-state index contributed by atoms with van der Waals surface area (Å²) in [7, 11) is 0. The van der Waals surface area contributed by atoms with E-state index in [0.717, 1.165) is 0 Å². The lowest BCUT2D eigenvalue weighted by Gasteiger charge is -2.24. The van der Waals surface area contributed by atoms with Gasteiger partial charge in [0.2, 0.25) is 0 Å². The molecule has 0 amide bonds. The van der Waals surface area contributed by atoms with Gasteiger partial charge >= 0.3 is 0 Å². The van der Waals surface area contributed by atoms with E-state index < -0.39 is 34.2 Å². The molecule has 0 saturated carbocycles. The van der Waals surface area contributed by atoms with E-state index in [2.05, 4.69) is 0 Å². The van der Waals surface area contributed by atoms with Gasteiger partial charge in [0.1, 0.15) is 5.82 Å². The molecule has 0 N–H and O–H groups in total. The van der Waals surface area contributed by atoms with Gasteiger partial charge in [0.25, 0.3) is 0 Å². The maximum absolute atomic E-state index is 13.7. The van der Waals surface area contributed by atoms with E-state index in [-0.39, 0.29) is 0 Å². The predicted molar refractivity (Wildman–Crippen MR) is 70.1 cm³/mol. The molecule has 20 heavy (non-hydrogen) atoms. The summed E-state index contributed by atoms with van der Waals surface area (Å²) in [4.78, 5) is 12.4. The van der Waals surface area contributed by atoms with Gasteiger partial charge in [0.15, 0.2) is 17.4 Å². The average molecular weight is 278 g/mol. The maximum atomic E-state index is 13.7. The zero-order valence-electron chi connectivity index (χ0n) is 11.1. The van der Waals surface area contributed by atoms with Crippen molar-refractivity contribution in [1.29, 1.82) is 0 Å². The first-order valence-corrected chi connectivity index (χ1v) is 6.09. The molecular weight excluding hydrogens is 265 g/mol. The maximum Gasteiger partial charge on any atom is 0.175 e. The summed E-state index contributed by atoms with van der Waals surface area (Å²) in [5.74, 6) is -4.20. The number of hydrogen-bond donors (Lipinski definition) is 0. The van der Waals surface area contributed by atoms with Gasteiger partial charge in [-0.3, -0.25) is 4.79 Å². The second-order valence-electron chi connectivity index (χ2n) is 5.07. The van der Waals surface area contributed by atoms with Crippen molar-refractivity contribution in [3.63, 3.8) is 0 Å². The lowest BCUT2D eigenvalue weighted by Crippen LogP contribution is -2.30. The van der Waals surface area contributed by atoms with Crippen molar-refractivity contribution in [3.05, 3.63) is 71.0 Å². The van der Waals surface area contributed by atoms with Gasteiger partial charge in [-0.25, -0.2) is 13.2 Å². The molecule has 0 radical (unpaired) electrons. The van der Waals surface area contributed by atoms with Crippen molar-refractivity contribution in [1.82, 2.24) is 0 Å². The van der Waals surface area contributed by atoms with Crippen LogP contribution < -0.4 is 0 Å². The highest BCUT2D eigenvalue weighted by Gasteiger charge is 2.32. The summed E-state index contributed by atoms with van der Waals surface area (Å²) in [5.41, 5.74) is -0.807. The number of Topliss-reactive ketones (excluding diaryl/α,β-unsaturated/α-hetero) is 1. The number of carbonyl (C=O) groups excluding carboxylic acids is 1. The minimum absolute atomic E-state index is 0.392. The van der Waals surface area contributed by atoms with Crippen LogP contribution in [0.4, 0.5) is 13.2 Å². The van der Waals surface area contributed by atoms with Crippen molar-refractivity contribution in [2.45, 2.75) is 19.3 Å². The van der Waals surface area contributed by atoms with Crippen LogP contribution in [0.1, 0.15) is 29.8 Å². The van der Waals surface area contributed by atoms with Crippen LogP contribution in [0.3, 0.4) is 0 Å². The zero-order chi connectivity index (χ0) is 14.9. The van der Waals surface area contributed by atoms with Crippen molar-refractivity contribution < 1.29 is 18.0 Å². The van der Waals surface area contributed by atoms with Gasteiger partial charge in [0.05, 0.1) is 11.0 Å². The molecule has 2 rings (SSSR count). The zero-order valence-corrected chi connectivity index (χ0v) is 11.1. The van der Waals surface area contributed by atoms with Crippen molar-refractivity contribution in [3.8, 4) is 0 Å². The lowest BCUT2D eigenvalue weighted by molar-refractivity contribution is 0.0904. The summed E-state index contributed by atoms with van der Waals surface area (Å²) < 4.78 is 39.8. The Bertz CT molecular complexity index is 648. The van der Waals surface area contributed by atoms with Crippen LogP contribution in [0.2, 0.25) is 0 Å². The standard InChI is InChI=1S/C16H13F3O/c1-16(2,10-6-4-3-5-7-10)15(20)11-8-13(18)14(19)9-12(11)17/h3-9H,1-2H3. The van der Waals surface area contributed by atoms with Crippen LogP contribution in [-0.2, 0) is 5.41 Å². The molecule has 2 aromatic carbocycles. The Morgan fingerprint density at radius 2 is 1.45 bits per heavy atom. The van der Waals surface area contributed by atoms with Gasteiger partial charge in [-0.15, -0.1) is 0 Å². The largest absolute Gasteiger partial charge is 0.293 e. The minimum Gasteiger partial charge on any atom is -0.293 e. The molecule has 0 fully saturated rings. The number of carbonyl (C=O) groups is 1. The van der Waals surface area contributed by atoms with E-state index in [0.29, 0.717) is 17.7 Å². The van der Waals surface area contributed by atoms with E-state index in [1.165, 1.54) is 0 Å². The normalized spacial score (nSPS) is 11.4. The number of ketones is 1. The first kappa shape index (κ1) is 14.3. The molecule has 4 heteroatoms. The number of halogens is 3. The molecule has 1 nitrogen and oxygen atoms in total. The molecule has 0 aliphatic carbocycles. The van der Waals surface area contributed by atoms with Crippen LogP contribution in [0.5, 0.6) is 0 Å². The van der Waals surface area contributed by atoms with Gasteiger partial charge in [-0.05, 0) is 25.5 Å². The number of rotatable bonds is 3. The summed E-state index contributed by atoms with van der Waals surface area (Å²) in [6, 6.07) is 9.77. The Hall–Kier alpha value is -2.10. The molecule has 104 valence electrons. The average Bonchev–Trinajstić information content (AvgIpc) is 2.43. The fraction of sp³-hybridized carbons (Fsp3) is 0.188. The molecule has 0 spiro atoms. The molecular formula is C16H13F3O. The van der Waals surface area contributed by atoms with Gasteiger partial charge in [-0.1, -0.05) is 30.3 Å². The predicted octanol–water partition coefficient (Wildman–Crippen LogP) is 4.26. The van der Waals surface area contributed by atoms with E-state index in [1.54, 1.807) is 44.2 Å². The second kappa shape index (κ2) is 5.12. The van der Waals surface area contributed by atoms with Crippen LogP contribution in [0.25, 0.3) is 0 Å². The Morgan fingerprint density at radius 3 is 2.05 bits per heavy atom. The second-order valence-corrected chi connectivity index (χ2v) is 5.07. The molecule has 0 unspecified atom stereocenters. The first-order chi connectivity index (χ1) is 9.34. The molecule has 2 aromatic rings. The molecule has 0 atom stereocenters. The first-order valence-electron chi connectivity index (χ1n) is 6.09. The lowest BCUT2D eigenvalue weighted by atomic mass is 9.78. The summed E-state index contributed by atoms with van der Waals surface area (Å²) in [6.07, 6.45) is 0. The smallest absolute Gasteiger partial charge is 0.175 e. The third kappa shape index (κ3) is 2.46. The highest BCUT2D eigenvalue weighted by molar-refractivity contribution is 6.03. The highest BCUT2D eigenvalue weighted by atomic mass is 19.2. The number of benzene rings is 2. The van der Waals surface area contributed by atoms with Crippen molar-refractivity contribution >= 4 is 5.78 Å². The van der Waals surface area contributed by atoms with Gasteiger partial charge in [0, 0.05) is 6.07 Å². The van der Waals surface area contributed by atoms with E-state index >= 15 is 0 Å². The fourth-order valence-electron chi connectivity index (χ4n) is 2.02. The monoisotopic (exact) mass is 278 g/mol. The molecule has 0 aliphatic heterocycles. The molecule has 0 bridgehead atoms. The summed E-state index contributed by atoms with van der Waals surface area (Å²) in [6.45, 7) is 3.23. The minimum atomic E-state index is -1.31. The molecule has 0 aromatic heterocycles. The van der Waals surface area contributed by atoms with Crippen molar-refractivity contribution in [2.75, 3.05) is 0 Å². The van der Waals surface area contributed by atoms with Crippen LogP contribution in [0, 0.1) is 17.5 Å². The van der Waals surface area contributed by atoms with E-state index in [1.807, 2.05) is 0 Å². The summed E-state index contributed by atoms with van der Waals surface area (Å²) >= 11 is 0. The summed E-state index contributed by atoms with van der Waals surface area (Å²) in [5, 5.41) is 0. The Labute approximate surface area is 115 Å². The van der Waals surface area contributed by atoms with Crippen LogP contribution in [-0.4, -0.2) is 5.78 Å². The molecule has 0 heterocycles. The Kier molecular flexibility index (Phi) is 3.66. The van der Waals surface area contributed by atoms with Gasteiger partial charge < -0.3 is 0 Å². The van der Waals surface area contributed by atoms with Crippen molar-refractivity contribution in [2.24, 2.45) is 0 Å². The quantitative estimate of drug-likeness (QED) is 0.605. The topological polar surface area (TPSA) is 17.1 Å². The highest BCUT2D eigenvalue weighted by Crippen LogP contribution is 2.29. The molecule has 0 saturated heterocycles. The fourth-order valence-corrected chi connectivity index (χ4v) is 2.02. The van der Waals surface area contributed by atoms with Crippen LogP contribution >= 0.6 is 0 Å². The Morgan fingerprint density at radius 1 is 0.900 bits per heavy atom. The number of hydrogen-bond acceptors (Lipinski definition) is 1. The Balaban J connectivity index is 2.49.